The second-order valence-electron chi connectivity index (χ2n) is 3.43. The summed E-state index contributed by atoms with van der Waals surface area (Å²) in [6.45, 7) is 0. The van der Waals surface area contributed by atoms with E-state index in [0.717, 1.165) is 5.56 Å². The van der Waals surface area contributed by atoms with Gasteiger partial charge in [-0.1, -0.05) is 0 Å². The van der Waals surface area contributed by atoms with Gasteiger partial charge in [0.05, 0.1) is 19.9 Å². The van der Waals surface area contributed by atoms with Crippen LogP contribution in [0, 0.1) is 5.82 Å². The normalized spacial score (nSPS) is 10.1. The Balaban J connectivity index is 2.46. The van der Waals surface area contributed by atoms with E-state index in [1.54, 1.807) is 26.4 Å². The summed E-state index contributed by atoms with van der Waals surface area (Å²) in [5.74, 6) is 0.911. The first-order valence-electron chi connectivity index (χ1n) is 5.08. The topological polar surface area (TPSA) is 31.4 Å². The minimum atomic E-state index is -0.315. The number of rotatable bonds is 3. The Morgan fingerprint density at radius 2 is 1.76 bits per heavy atom. The fourth-order valence-corrected chi connectivity index (χ4v) is 1.56. The van der Waals surface area contributed by atoms with E-state index in [1.807, 2.05) is 6.07 Å². The van der Waals surface area contributed by atoms with Gasteiger partial charge >= 0.3 is 0 Å². The zero-order chi connectivity index (χ0) is 12.3. The number of benzene rings is 1. The lowest BCUT2D eigenvalue weighted by atomic mass is 10.1. The van der Waals surface area contributed by atoms with Gasteiger partial charge in [-0.15, -0.1) is 0 Å². The maximum absolute atomic E-state index is 13.1. The summed E-state index contributed by atoms with van der Waals surface area (Å²) in [6.07, 6.45) is 1.43. The van der Waals surface area contributed by atoms with Crippen molar-refractivity contribution in [2.24, 2.45) is 0 Å². The van der Waals surface area contributed by atoms with E-state index in [1.165, 1.54) is 18.3 Å². The first kappa shape index (κ1) is 11.4. The summed E-state index contributed by atoms with van der Waals surface area (Å²) in [7, 11) is 3.12. The van der Waals surface area contributed by atoms with Crippen LogP contribution in [0.5, 0.6) is 11.5 Å². The van der Waals surface area contributed by atoms with Crippen LogP contribution in [0.15, 0.2) is 36.5 Å². The van der Waals surface area contributed by atoms with Gasteiger partial charge in [-0.2, -0.15) is 0 Å². The van der Waals surface area contributed by atoms with Crippen molar-refractivity contribution >= 4 is 0 Å². The van der Waals surface area contributed by atoms with Crippen LogP contribution in [0.3, 0.4) is 0 Å². The standard InChI is InChI=1S/C13H12FNO2/c1-16-12-4-3-9(7-13(12)17-2)11-8-10(14)5-6-15-11/h3-8H,1-2H3. The maximum atomic E-state index is 13.1. The Hall–Kier alpha value is -2.10. The summed E-state index contributed by atoms with van der Waals surface area (Å²) in [4.78, 5) is 4.10. The minimum absolute atomic E-state index is 0.315. The molecule has 0 unspecified atom stereocenters. The molecule has 1 heterocycles. The van der Waals surface area contributed by atoms with Crippen LogP contribution >= 0.6 is 0 Å². The molecule has 0 N–H and O–H groups in total. The van der Waals surface area contributed by atoms with E-state index in [9.17, 15) is 4.39 Å². The third kappa shape index (κ3) is 2.36. The van der Waals surface area contributed by atoms with E-state index in [-0.39, 0.29) is 5.82 Å². The largest absolute Gasteiger partial charge is 0.493 e. The van der Waals surface area contributed by atoms with E-state index in [4.69, 9.17) is 9.47 Å². The van der Waals surface area contributed by atoms with Crippen LogP contribution in [-0.4, -0.2) is 19.2 Å². The third-order valence-corrected chi connectivity index (χ3v) is 2.40. The second-order valence-corrected chi connectivity index (χ2v) is 3.43. The molecule has 88 valence electrons. The van der Waals surface area contributed by atoms with Crippen LogP contribution in [0.4, 0.5) is 4.39 Å². The molecular formula is C13H12FNO2. The van der Waals surface area contributed by atoms with Crippen LogP contribution in [-0.2, 0) is 0 Å². The van der Waals surface area contributed by atoms with E-state index < -0.39 is 0 Å². The smallest absolute Gasteiger partial charge is 0.161 e. The number of aromatic nitrogens is 1. The number of hydrogen-bond acceptors (Lipinski definition) is 3. The highest BCUT2D eigenvalue weighted by atomic mass is 19.1. The molecule has 0 radical (unpaired) electrons. The second kappa shape index (κ2) is 4.82. The molecule has 0 aliphatic heterocycles. The number of methoxy groups -OCH3 is 2. The van der Waals surface area contributed by atoms with Gasteiger partial charge in [-0.05, 0) is 24.3 Å². The molecule has 0 saturated carbocycles. The molecule has 0 bridgehead atoms. The third-order valence-electron chi connectivity index (χ3n) is 2.40. The molecule has 1 aromatic carbocycles. The summed E-state index contributed by atoms with van der Waals surface area (Å²) < 4.78 is 23.4. The molecule has 2 aromatic rings. The van der Waals surface area contributed by atoms with Crippen LogP contribution in [0.2, 0.25) is 0 Å². The number of nitrogens with zero attached hydrogens (tertiary/aromatic N) is 1. The molecule has 0 fully saturated rings. The molecule has 0 amide bonds. The molecule has 2 rings (SSSR count). The van der Waals surface area contributed by atoms with Crippen molar-refractivity contribution in [1.29, 1.82) is 0 Å². The molecule has 1 aromatic heterocycles. The number of hydrogen-bond donors (Lipinski definition) is 0. The van der Waals surface area contributed by atoms with Gasteiger partial charge in [-0.25, -0.2) is 4.39 Å². The Morgan fingerprint density at radius 1 is 1.00 bits per heavy atom. The van der Waals surface area contributed by atoms with Crippen molar-refractivity contribution in [3.05, 3.63) is 42.3 Å². The molecule has 3 nitrogen and oxygen atoms in total. The Bertz CT molecular complexity index is 529. The average Bonchev–Trinajstić information content (AvgIpc) is 2.38. The summed E-state index contributed by atoms with van der Waals surface area (Å²) in [5, 5.41) is 0. The Morgan fingerprint density at radius 3 is 2.41 bits per heavy atom. The van der Waals surface area contributed by atoms with Gasteiger partial charge in [0.15, 0.2) is 11.5 Å². The molecule has 0 saturated heterocycles. The lowest BCUT2D eigenvalue weighted by molar-refractivity contribution is 0.355. The lowest BCUT2D eigenvalue weighted by Gasteiger charge is -2.09. The SMILES string of the molecule is COc1ccc(-c2cc(F)ccn2)cc1OC. The van der Waals surface area contributed by atoms with E-state index in [0.29, 0.717) is 17.2 Å². The maximum Gasteiger partial charge on any atom is 0.161 e. The predicted octanol–water partition coefficient (Wildman–Crippen LogP) is 2.90. The monoisotopic (exact) mass is 233 g/mol. The molecule has 4 heteroatoms. The van der Waals surface area contributed by atoms with E-state index >= 15 is 0 Å². The van der Waals surface area contributed by atoms with Crippen molar-refractivity contribution in [3.63, 3.8) is 0 Å². The fourth-order valence-electron chi connectivity index (χ4n) is 1.56. The quantitative estimate of drug-likeness (QED) is 0.816. The number of halogens is 1. The van der Waals surface area contributed by atoms with Crippen molar-refractivity contribution in [3.8, 4) is 22.8 Å². The van der Waals surface area contributed by atoms with Gasteiger partial charge in [0.2, 0.25) is 0 Å². The molecule has 0 aliphatic carbocycles. The van der Waals surface area contributed by atoms with Crippen LogP contribution in [0.1, 0.15) is 0 Å². The van der Waals surface area contributed by atoms with E-state index in [2.05, 4.69) is 4.98 Å². The van der Waals surface area contributed by atoms with Crippen molar-refractivity contribution in [1.82, 2.24) is 4.98 Å². The molecule has 0 atom stereocenters. The fraction of sp³-hybridized carbons (Fsp3) is 0.154. The first-order chi connectivity index (χ1) is 8.24. The zero-order valence-corrected chi connectivity index (χ0v) is 9.61. The number of ether oxygens (including phenoxy) is 2. The minimum Gasteiger partial charge on any atom is -0.493 e. The first-order valence-corrected chi connectivity index (χ1v) is 5.08. The molecule has 17 heavy (non-hydrogen) atoms. The van der Waals surface area contributed by atoms with Crippen molar-refractivity contribution < 1.29 is 13.9 Å². The lowest BCUT2D eigenvalue weighted by Crippen LogP contribution is -1.92. The van der Waals surface area contributed by atoms with Gasteiger partial charge in [-0.3, -0.25) is 4.98 Å². The van der Waals surface area contributed by atoms with Gasteiger partial charge in [0.25, 0.3) is 0 Å². The highest BCUT2D eigenvalue weighted by molar-refractivity contribution is 5.63. The highest BCUT2D eigenvalue weighted by Crippen LogP contribution is 2.31. The summed E-state index contributed by atoms with van der Waals surface area (Å²) >= 11 is 0. The highest BCUT2D eigenvalue weighted by Gasteiger charge is 2.07. The molecule has 0 aliphatic rings. The van der Waals surface area contributed by atoms with Crippen LogP contribution < -0.4 is 9.47 Å². The average molecular weight is 233 g/mol. The summed E-state index contributed by atoms with van der Waals surface area (Å²) in [5.41, 5.74) is 1.34. The van der Waals surface area contributed by atoms with Gasteiger partial charge < -0.3 is 9.47 Å². The Kier molecular flexibility index (Phi) is 3.23. The van der Waals surface area contributed by atoms with Crippen molar-refractivity contribution in [2.45, 2.75) is 0 Å². The summed E-state index contributed by atoms with van der Waals surface area (Å²) in [6, 6.07) is 8.02. The van der Waals surface area contributed by atoms with Gasteiger partial charge in [0, 0.05) is 17.8 Å². The Labute approximate surface area is 98.8 Å². The van der Waals surface area contributed by atoms with Gasteiger partial charge in [0.1, 0.15) is 5.82 Å². The molecular weight excluding hydrogens is 221 g/mol. The zero-order valence-electron chi connectivity index (χ0n) is 9.61. The van der Waals surface area contributed by atoms with Crippen LogP contribution in [0.25, 0.3) is 11.3 Å². The number of pyridine rings is 1. The molecule has 0 spiro atoms. The van der Waals surface area contributed by atoms with Crippen molar-refractivity contribution in [2.75, 3.05) is 14.2 Å². The predicted molar refractivity (Wildman–Crippen MR) is 62.7 cm³/mol.